The van der Waals surface area contributed by atoms with Gasteiger partial charge in [-0.05, 0) is 48.0 Å². The zero-order chi connectivity index (χ0) is 26.3. The van der Waals surface area contributed by atoms with E-state index >= 15 is 0 Å². The summed E-state index contributed by atoms with van der Waals surface area (Å²) in [5.41, 5.74) is 0.294. The van der Waals surface area contributed by atoms with Crippen LogP contribution in [0.5, 0.6) is 11.5 Å². The van der Waals surface area contributed by atoms with Crippen LogP contribution in [0, 0.1) is 0 Å². The van der Waals surface area contributed by atoms with Gasteiger partial charge in [0.05, 0.1) is 36.1 Å². The Morgan fingerprint density at radius 2 is 1.70 bits per heavy atom. The van der Waals surface area contributed by atoms with Crippen LogP contribution in [-0.4, -0.2) is 23.3 Å². The summed E-state index contributed by atoms with van der Waals surface area (Å²) in [6.45, 7) is 0. The Morgan fingerprint density at radius 3 is 2.43 bits per heavy atom. The second-order valence-corrected chi connectivity index (χ2v) is 8.83. The van der Waals surface area contributed by atoms with Gasteiger partial charge in [0.1, 0.15) is 28.9 Å². The number of halogens is 1. The number of methoxy groups -OCH3 is 1. The van der Waals surface area contributed by atoms with Crippen molar-refractivity contribution in [3.8, 4) is 22.6 Å². The van der Waals surface area contributed by atoms with E-state index in [0.29, 0.717) is 16.2 Å². The Labute approximate surface area is 213 Å². The molecule has 0 aliphatic rings. The van der Waals surface area contributed by atoms with Gasteiger partial charge >= 0.3 is 5.97 Å². The number of ether oxygens (including phenoxy) is 1. The number of aromatic hydroxyl groups is 2. The summed E-state index contributed by atoms with van der Waals surface area (Å²) in [4.78, 5) is 39.3. The van der Waals surface area contributed by atoms with Gasteiger partial charge in [-0.1, -0.05) is 23.7 Å². The van der Waals surface area contributed by atoms with Crippen LogP contribution in [0.2, 0.25) is 5.02 Å². The Balaban J connectivity index is 1.77. The molecule has 0 aliphatic heterocycles. The molecular weight excluding hydrogens is 500 g/mol. The molecule has 3 aromatic carbocycles. The molecule has 5 aromatic rings. The number of carbonyl (C=O) groups is 1. The normalized spacial score (nSPS) is 12.1. The predicted octanol–water partition coefficient (Wildman–Crippen LogP) is 5.33. The second kappa shape index (κ2) is 9.48. The average Bonchev–Trinajstić information content (AvgIpc) is 2.89. The van der Waals surface area contributed by atoms with Crippen molar-refractivity contribution in [1.82, 2.24) is 0 Å². The number of phenolic OH excluding ortho intramolecular Hbond substituents is 2. The molecule has 0 spiro atoms. The van der Waals surface area contributed by atoms with Crippen LogP contribution in [0.4, 0.5) is 0 Å². The monoisotopic (exact) mass is 518 g/mol. The number of benzene rings is 3. The van der Waals surface area contributed by atoms with E-state index in [-0.39, 0.29) is 51.0 Å². The number of hydrogen-bond donors (Lipinski definition) is 2. The van der Waals surface area contributed by atoms with E-state index in [2.05, 4.69) is 0 Å². The molecule has 5 rings (SSSR count). The molecule has 0 unspecified atom stereocenters. The van der Waals surface area contributed by atoms with Gasteiger partial charge in [-0.2, -0.15) is 0 Å². The number of rotatable bonds is 5. The van der Waals surface area contributed by atoms with Gasteiger partial charge in [-0.15, -0.1) is 0 Å². The highest BCUT2D eigenvalue weighted by molar-refractivity contribution is 6.31. The first-order chi connectivity index (χ1) is 17.8. The molecule has 0 saturated carbocycles. The smallest absolute Gasteiger partial charge is 0.306 e. The van der Waals surface area contributed by atoms with Crippen molar-refractivity contribution in [1.29, 1.82) is 0 Å². The fraction of sp³-hybridized carbons (Fsp3) is 0.107. The SMILES string of the molecule is COC(=O)C[C@H](c1coc2ccc(Cl)cc2c1=O)c1c(O)ccc2c(=O)c(-c3ccc(O)cc3)coc12. The third kappa shape index (κ3) is 4.32. The summed E-state index contributed by atoms with van der Waals surface area (Å²) < 4.78 is 16.4. The maximum Gasteiger partial charge on any atom is 0.306 e. The lowest BCUT2D eigenvalue weighted by Crippen LogP contribution is -2.19. The van der Waals surface area contributed by atoms with E-state index in [1.807, 2.05) is 0 Å². The largest absolute Gasteiger partial charge is 0.508 e. The number of esters is 1. The summed E-state index contributed by atoms with van der Waals surface area (Å²) in [6.07, 6.45) is 2.11. The molecule has 0 amide bonds. The van der Waals surface area contributed by atoms with Crippen LogP contribution in [0.1, 0.15) is 23.5 Å². The first kappa shape index (κ1) is 24.1. The second-order valence-electron chi connectivity index (χ2n) is 8.39. The van der Waals surface area contributed by atoms with Crippen molar-refractivity contribution in [3.63, 3.8) is 0 Å². The molecule has 2 heterocycles. The molecule has 0 fully saturated rings. The fourth-order valence-electron chi connectivity index (χ4n) is 4.36. The van der Waals surface area contributed by atoms with E-state index < -0.39 is 22.7 Å². The van der Waals surface area contributed by atoms with E-state index in [0.717, 1.165) is 0 Å². The van der Waals surface area contributed by atoms with Crippen LogP contribution < -0.4 is 10.9 Å². The minimum absolute atomic E-state index is 0.00650. The van der Waals surface area contributed by atoms with Crippen LogP contribution in [0.15, 0.2) is 85.5 Å². The molecule has 0 saturated heterocycles. The first-order valence-electron chi connectivity index (χ1n) is 11.1. The summed E-state index contributed by atoms with van der Waals surface area (Å²) in [5, 5.41) is 21.1. The first-order valence-corrected chi connectivity index (χ1v) is 11.5. The minimum Gasteiger partial charge on any atom is -0.508 e. The molecular formula is C28H19ClO8. The van der Waals surface area contributed by atoms with Gasteiger partial charge in [0.2, 0.25) is 5.43 Å². The molecule has 186 valence electrons. The molecule has 0 aliphatic carbocycles. The van der Waals surface area contributed by atoms with Gasteiger partial charge in [-0.3, -0.25) is 14.4 Å². The molecule has 9 heteroatoms. The highest BCUT2D eigenvalue weighted by Crippen LogP contribution is 2.39. The lowest BCUT2D eigenvalue weighted by Gasteiger charge is -2.19. The Bertz CT molecular complexity index is 1780. The zero-order valence-electron chi connectivity index (χ0n) is 19.4. The van der Waals surface area contributed by atoms with Crippen LogP contribution in [0.25, 0.3) is 33.1 Å². The fourth-order valence-corrected chi connectivity index (χ4v) is 4.54. The number of phenols is 2. The molecule has 0 bridgehead atoms. The van der Waals surface area contributed by atoms with E-state index in [1.165, 1.54) is 50.0 Å². The summed E-state index contributed by atoms with van der Waals surface area (Å²) in [5.74, 6) is -1.97. The Hall–Kier alpha value is -4.56. The quantitative estimate of drug-likeness (QED) is 0.299. The topological polar surface area (TPSA) is 127 Å². The van der Waals surface area contributed by atoms with Crippen LogP contribution in [-0.2, 0) is 9.53 Å². The van der Waals surface area contributed by atoms with E-state index in [9.17, 15) is 24.6 Å². The number of carbonyl (C=O) groups excluding carboxylic acids is 1. The molecule has 8 nitrogen and oxygen atoms in total. The predicted molar refractivity (Wildman–Crippen MR) is 137 cm³/mol. The molecule has 2 aromatic heterocycles. The Morgan fingerprint density at radius 1 is 0.946 bits per heavy atom. The van der Waals surface area contributed by atoms with Gasteiger partial charge in [0, 0.05) is 22.1 Å². The number of fused-ring (bicyclic) bond motifs is 2. The van der Waals surface area contributed by atoms with Gasteiger partial charge < -0.3 is 23.8 Å². The molecule has 1 atom stereocenters. The van der Waals surface area contributed by atoms with Gasteiger partial charge in [0.15, 0.2) is 5.43 Å². The van der Waals surface area contributed by atoms with Crippen LogP contribution in [0.3, 0.4) is 0 Å². The van der Waals surface area contributed by atoms with Crippen molar-refractivity contribution in [2.24, 2.45) is 0 Å². The lowest BCUT2D eigenvalue weighted by molar-refractivity contribution is -0.140. The molecule has 0 radical (unpaired) electrons. The summed E-state index contributed by atoms with van der Waals surface area (Å²) in [7, 11) is 1.20. The number of hydrogen-bond acceptors (Lipinski definition) is 8. The van der Waals surface area contributed by atoms with Crippen LogP contribution >= 0.6 is 11.6 Å². The maximum atomic E-state index is 13.5. The standard InChI is InChI=1S/C28H19ClO8/c1-35-24(32)11-18(21-13-36-23-9-4-15(29)10-19(23)27(21)34)25-22(31)8-7-17-26(33)20(12-37-28(17)25)14-2-5-16(30)6-3-14/h2-10,12-13,18,30-31H,11H2,1H3/t18-/m1/s1. The van der Waals surface area contributed by atoms with Crippen molar-refractivity contribution in [2.45, 2.75) is 12.3 Å². The van der Waals surface area contributed by atoms with Crippen molar-refractivity contribution < 1.29 is 28.6 Å². The van der Waals surface area contributed by atoms with Crippen molar-refractivity contribution in [2.75, 3.05) is 7.11 Å². The third-order valence-corrected chi connectivity index (χ3v) is 6.45. The van der Waals surface area contributed by atoms with E-state index in [4.69, 9.17) is 25.2 Å². The van der Waals surface area contributed by atoms with E-state index in [1.54, 1.807) is 24.3 Å². The van der Waals surface area contributed by atoms with Gasteiger partial charge in [-0.25, -0.2) is 0 Å². The summed E-state index contributed by atoms with van der Waals surface area (Å²) >= 11 is 6.08. The molecule has 2 N–H and O–H groups in total. The molecule has 37 heavy (non-hydrogen) atoms. The lowest BCUT2D eigenvalue weighted by atomic mass is 9.86. The highest BCUT2D eigenvalue weighted by Gasteiger charge is 2.29. The van der Waals surface area contributed by atoms with Crippen molar-refractivity contribution >= 4 is 39.5 Å². The third-order valence-electron chi connectivity index (χ3n) is 6.22. The average molecular weight is 519 g/mol. The summed E-state index contributed by atoms with van der Waals surface area (Å²) in [6, 6.07) is 13.3. The van der Waals surface area contributed by atoms with Crippen molar-refractivity contribution in [3.05, 3.63) is 104 Å². The zero-order valence-corrected chi connectivity index (χ0v) is 20.1. The van der Waals surface area contributed by atoms with Gasteiger partial charge in [0.25, 0.3) is 0 Å². The Kier molecular flexibility index (Phi) is 6.19. The minimum atomic E-state index is -1.07. The maximum absolute atomic E-state index is 13.5. The highest BCUT2D eigenvalue weighted by atomic mass is 35.5.